The minimum absolute atomic E-state index is 0.234. The summed E-state index contributed by atoms with van der Waals surface area (Å²) >= 11 is 8.91. The third kappa shape index (κ3) is 10.2. The maximum Gasteiger partial charge on any atom is 0.325 e. The molecule has 4 rings (SSSR count). The van der Waals surface area contributed by atoms with Gasteiger partial charge < -0.3 is 31.5 Å². The number of nitrogens with two attached hydrogens (primary N) is 1. The molecule has 260 valence electrons. The van der Waals surface area contributed by atoms with E-state index in [1.54, 1.807) is 31.3 Å². The fourth-order valence-corrected chi connectivity index (χ4v) is 6.84. The zero-order valence-corrected chi connectivity index (χ0v) is 29.9. The highest BCUT2D eigenvalue weighted by Gasteiger charge is 2.23. The van der Waals surface area contributed by atoms with Crippen molar-refractivity contribution in [3.63, 3.8) is 0 Å². The molecule has 12 nitrogen and oxygen atoms in total. The molecule has 15 heteroatoms. The first-order chi connectivity index (χ1) is 24.2. The van der Waals surface area contributed by atoms with Crippen molar-refractivity contribution in [2.75, 3.05) is 32.1 Å². The number of aromatic nitrogens is 2. The van der Waals surface area contributed by atoms with Crippen molar-refractivity contribution >= 4 is 52.4 Å². The third-order valence-electron chi connectivity index (χ3n) is 7.52. The number of thioether (sulfide) groups is 1. The van der Waals surface area contributed by atoms with Crippen LogP contribution in [0.15, 0.2) is 58.9 Å². The summed E-state index contributed by atoms with van der Waals surface area (Å²) in [4.78, 5) is 33.2. The van der Waals surface area contributed by atoms with E-state index in [0.717, 1.165) is 22.7 Å². The van der Waals surface area contributed by atoms with Gasteiger partial charge >= 0.3 is 5.97 Å². The molecular formula is C35H37ClN8O4S2. The van der Waals surface area contributed by atoms with Gasteiger partial charge in [-0.05, 0) is 56.1 Å². The molecule has 2 aromatic carbocycles. The number of carboxylic acid groups (broad SMARTS) is 1. The molecule has 0 aliphatic heterocycles. The quantitative estimate of drug-likeness (QED) is 0.0622. The molecule has 2 atom stereocenters. The van der Waals surface area contributed by atoms with Gasteiger partial charge in [-0.3, -0.25) is 9.59 Å². The number of halogens is 1. The van der Waals surface area contributed by atoms with E-state index >= 15 is 0 Å². The summed E-state index contributed by atoms with van der Waals surface area (Å²) in [7, 11) is 1.68. The Hall–Kier alpha value is -4.70. The van der Waals surface area contributed by atoms with E-state index in [9.17, 15) is 20.1 Å². The summed E-state index contributed by atoms with van der Waals surface area (Å²) in [5.74, 6) is -0.131. The van der Waals surface area contributed by atoms with E-state index in [0.29, 0.717) is 64.4 Å². The van der Waals surface area contributed by atoms with Gasteiger partial charge in [-0.25, -0.2) is 9.97 Å². The first-order valence-corrected chi connectivity index (χ1v) is 18.0. The number of nitrogens with zero attached hydrogens (tertiary/aromatic N) is 4. The van der Waals surface area contributed by atoms with Crippen LogP contribution >= 0.6 is 34.7 Å². The van der Waals surface area contributed by atoms with E-state index in [4.69, 9.17) is 32.2 Å². The lowest BCUT2D eigenvalue weighted by Gasteiger charge is -2.20. The number of benzene rings is 2. The minimum atomic E-state index is -1.11. The van der Waals surface area contributed by atoms with Crippen molar-refractivity contribution in [2.24, 2.45) is 5.73 Å². The topological polar surface area (TPSA) is 199 Å². The summed E-state index contributed by atoms with van der Waals surface area (Å²) in [6.45, 7) is 2.48. The number of hydrogen-bond acceptors (Lipinski definition) is 12. The first kappa shape index (κ1) is 38.1. The zero-order valence-electron chi connectivity index (χ0n) is 27.5. The first-order valence-electron chi connectivity index (χ1n) is 15.8. The Morgan fingerprint density at radius 2 is 1.76 bits per heavy atom. The standard InChI is InChI=1S/C35H37ClN8O4S2/c1-21(35(46)47)42-32(45)29(5-3-4-14-37)41-15-16-48-26-12-8-22(9-13-26)30-27(17-38)31(40-2)44-34(28(30)18-39)50-20-25-19-49-33(43-25)23-6-10-24(36)11-7-23/h6-13,19,21,29,41H,3-5,14-16,20,37H2,1-2H3,(H,40,44)(H,42,45)(H,46,47)/t21-,29-/m0/s1. The van der Waals surface area contributed by atoms with Crippen LogP contribution in [0.3, 0.4) is 0 Å². The number of unbranched alkanes of at least 4 members (excludes halogenated alkanes) is 1. The maximum absolute atomic E-state index is 12.7. The fourth-order valence-electron chi connectivity index (χ4n) is 4.91. The van der Waals surface area contributed by atoms with Crippen molar-refractivity contribution < 1.29 is 19.4 Å². The molecule has 0 radical (unpaired) electrons. The lowest BCUT2D eigenvalue weighted by Crippen LogP contribution is -2.50. The Morgan fingerprint density at radius 3 is 2.40 bits per heavy atom. The summed E-state index contributed by atoms with van der Waals surface area (Å²) in [6, 6.07) is 17.4. The number of amides is 1. The van der Waals surface area contributed by atoms with Gasteiger partial charge in [0.1, 0.15) is 52.0 Å². The van der Waals surface area contributed by atoms with E-state index in [2.05, 4.69) is 33.1 Å². The van der Waals surface area contributed by atoms with Gasteiger partial charge in [0.2, 0.25) is 5.91 Å². The lowest BCUT2D eigenvalue weighted by molar-refractivity contribution is -0.141. The van der Waals surface area contributed by atoms with Gasteiger partial charge in [-0.1, -0.05) is 54.0 Å². The highest BCUT2D eigenvalue weighted by molar-refractivity contribution is 7.98. The Bertz CT molecular complexity index is 1860. The maximum atomic E-state index is 12.7. The molecule has 0 unspecified atom stereocenters. The number of carbonyl (C=O) groups is 2. The largest absolute Gasteiger partial charge is 0.492 e. The second-order valence-corrected chi connectivity index (χ2v) is 13.3. The number of nitrogens with one attached hydrogen (secondary N) is 3. The van der Waals surface area contributed by atoms with Crippen LogP contribution in [0.25, 0.3) is 21.7 Å². The van der Waals surface area contributed by atoms with Gasteiger partial charge in [-0.2, -0.15) is 10.5 Å². The van der Waals surface area contributed by atoms with E-state index in [-0.39, 0.29) is 17.7 Å². The summed E-state index contributed by atoms with van der Waals surface area (Å²) < 4.78 is 5.90. The number of carboxylic acids is 1. The molecule has 0 saturated carbocycles. The highest BCUT2D eigenvalue weighted by Crippen LogP contribution is 2.38. The van der Waals surface area contributed by atoms with Crippen molar-refractivity contribution in [3.8, 4) is 39.6 Å². The molecule has 0 aliphatic carbocycles. The second kappa shape index (κ2) is 18.9. The van der Waals surface area contributed by atoms with Gasteiger partial charge in [0, 0.05) is 40.9 Å². The van der Waals surface area contributed by atoms with E-state index in [1.165, 1.54) is 30.0 Å². The Balaban J connectivity index is 1.45. The van der Waals surface area contributed by atoms with Crippen molar-refractivity contribution in [1.29, 1.82) is 10.5 Å². The van der Waals surface area contributed by atoms with Gasteiger partial charge in [-0.15, -0.1) is 11.3 Å². The molecule has 6 N–H and O–H groups in total. The summed E-state index contributed by atoms with van der Waals surface area (Å²) in [5.41, 5.74) is 9.04. The number of aliphatic carboxylic acids is 1. The SMILES string of the molecule is CNc1nc(SCc2csc(-c3ccc(Cl)cc3)n2)c(C#N)c(-c2ccc(OCCN[C@@H](CCCCN)C(=O)N[C@@H](C)C(=O)O)cc2)c1C#N. The predicted molar refractivity (Wildman–Crippen MR) is 196 cm³/mol. The molecule has 2 heterocycles. The molecule has 0 spiro atoms. The Kier molecular flexibility index (Phi) is 14.4. The fraction of sp³-hybridized carbons (Fsp3) is 0.314. The molecule has 1 amide bonds. The van der Waals surface area contributed by atoms with Gasteiger partial charge in [0.05, 0.1) is 17.3 Å². The number of nitriles is 2. The van der Waals surface area contributed by atoms with Gasteiger partial charge in [0.25, 0.3) is 0 Å². The zero-order chi connectivity index (χ0) is 36.0. The number of pyridine rings is 1. The number of carbonyl (C=O) groups excluding carboxylic acids is 1. The molecule has 0 bridgehead atoms. The number of thiazole rings is 1. The normalized spacial score (nSPS) is 12.0. The van der Waals surface area contributed by atoms with Crippen LogP contribution in [0.1, 0.15) is 43.0 Å². The highest BCUT2D eigenvalue weighted by atomic mass is 35.5. The average Bonchev–Trinajstić information content (AvgIpc) is 3.60. The number of rotatable bonds is 18. The van der Waals surface area contributed by atoms with Crippen molar-refractivity contribution in [1.82, 2.24) is 20.6 Å². The number of ether oxygens (including phenoxy) is 1. The Morgan fingerprint density at radius 1 is 1.06 bits per heavy atom. The number of anilines is 1. The third-order valence-corrected chi connectivity index (χ3v) is 9.72. The number of hydrogen-bond donors (Lipinski definition) is 5. The Labute approximate surface area is 304 Å². The summed E-state index contributed by atoms with van der Waals surface area (Å²) in [5, 5.41) is 42.1. The predicted octanol–water partition coefficient (Wildman–Crippen LogP) is 5.66. The molecule has 0 fully saturated rings. The molecule has 0 saturated heterocycles. The van der Waals surface area contributed by atoms with Crippen LogP contribution in [0.5, 0.6) is 5.75 Å². The van der Waals surface area contributed by atoms with Crippen LogP contribution < -0.4 is 26.4 Å². The minimum Gasteiger partial charge on any atom is -0.492 e. The molecule has 4 aromatic rings. The second-order valence-electron chi connectivity index (χ2n) is 11.0. The van der Waals surface area contributed by atoms with E-state index in [1.807, 2.05) is 29.6 Å². The van der Waals surface area contributed by atoms with Gasteiger partial charge in [0.15, 0.2) is 0 Å². The van der Waals surface area contributed by atoms with Crippen LogP contribution in [0.2, 0.25) is 5.02 Å². The van der Waals surface area contributed by atoms with Crippen molar-refractivity contribution in [3.05, 3.63) is 75.8 Å². The molecule has 2 aromatic heterocycles. The van der Waals surface area contributed by atoms with Crippen LogP contribution in [-0.4, -0.2) is 65.8 Å². The van der Waals surface area contributed by atoms with Crippen LogP contribution in [-0.2, 0) is 15.3 Å². The van der Waals surface area contributed by atoms with Crippen molar-refractivity contribution in [2.45, 2.75) is 49.0 Å². The monoisotopic (exact) mass is 732 g/mol. The van der Waals surface area contributed by atoms with E-state index < -0.39 is 24.0 Å². The molecule has 50 heavy (non-hydrogen) atoms. The summed E-state index contributed by atoms with van der Waals surface area (Å²) in [6.07, 6.45) is 1.96. The lowest BCUT2D eigenvalue weighted by atomic mass is 9.96. The molecular weight excluding hydrogens is 696 g/mol. The smallest absolute Gasteiger partial charge is 0.325 e. The van der Waals surface area contributed by atoms with Crippen LogP contribution in [0, 0.1) is 22.7 Å². The average molecular weight is 733 g/mol. The molecule has 0 aliphatic rings. The van der Waals surface area contributed by atoms with Crippen LogP contribution in [0.4, 0.5) is 5.82 Å².